The van der Waals surface area contributed by atoms with Gasteiger partial charge in [-0.2, -0.15) is 0 Å². The number of hydrogen-bond acceptors (Lipinski definition) is 4. The van der Waals surface area contributed by atoms with E-state index in [0.29, 0.717) is 0 Å². The van der Waals surface area contributed by atoms with Crippen molar-refractivity contribution in [3.63, 3.8) is 0 Å². The van der Waals surface area contributed by atoms with Crippen LogP contribution in [0.2, 0.25) is 0 Å². The molecule has 2 N–H and O–H groups in total. The maximum atomic E-state index is 13.4. The van der Waals surface area contributed by atoms with Gasteiger partial charge in [-0.25, -0.2) is 4.68 Å². The molecule has 1 aliphatic rings. The molecular weight excluding hydrogens is 376 g/mol. The number of aryl methyl sites for hydroxylation is 2. The van der Waals surface area contributed by atoms with E-state index in [-0.39, 0.29) is 17.1 Å². The minimum absolute atomic E-state index is 0.0404. The van der Waals surface area contributed by atoms with Crippen molar-refractivity contribution in [2.24, 2.45) is 0 Å². The number of nitrogens with one attached hydrogen (secondary N) is 2. The molecule has 1 fully saturated rings. The first-order chi connectivity index (χ1) is 14.3. The molecule has 2 aromatic heterocycles. The zero-order valence-corrected chi connectivity index (χ0v) is 18.7. The summed E-state index contributed by atoms with van der Waals surface area (Å²) < 4.78 is 1.89. The molecule has 3 heterocycles. The summed E-state index contributed by atoms with van der Waals surface area (Å²) in [6, 6.07) is 6.07. The molecule has 1 aromatic carbocycles. The highest BCUT2D eigenvalue weighted by atomic mass is 16.1. The number of rotatable bonds is 3. The summed E-state index contributed by atoms with van der Waals surface area (Å²) in [5.41, 5.74) is 3.61. The molecule has 4 rings (SSSR count). The molecule has 0 spiro atoms. The Morgan fingerprint density at radius 1 is 1.07 bits per heavy atom. The average molecular weight is 410 g/mol. The number of nitrogens with zero attached hydrogens (tertiary/aromatic N) is 4. The number of tetrazole rings is 1. The van der Waals surface area contributed by atoms with Crippen molar-refractivity contribution in [3.8, 4) is 0 Å². The summed E-state index contributed by atoms with van der Waals surface area (Å²) >= 11 is 0. The molecule has 160 valence electrons. The fraction of sp³-hybridized carbons (Fsp3) is 0.565. The van der Waals surface area contributed by atoms with E-state index >= 15 is 0 Å². The van der Waals surface area contributed by atoms with Crippen molar-refractivity contribution < 1.29 is 4.90 Å². The Hall–Kier alpha value is -2.54. The molecule has 1 atom stereocenters. The van der Waals surface area contributed by atoms with Gasteiger partial charge in [0.1, 0.15) is 0 Å². The zero-order valence-electron chi connectivity index (χ0n) is 18.7. The molecule has 1 aliphatic heterocycles. The van der Waals surface area contributed by atoms with Crippen molar-refractivity contribution in [2.75, 3.05) is 13.1 Å². The van der Waals surface area contributed by atoms with E-state index in [4.69, 9.17) is 0 Å². The standard InChI is InChI=1S/C23H32N6O/c1-15-10-11-16(2)19-17(15)14-18(22(30)24-19)20(28-12-8-6-7-9-13-28)21-25-26-27-29(21)23(3,4)5/h10-11,14,20H,6-9,12-13H2,1-5H3,(H,24,30)/p+1/t20-/m0/s1. The van der Waals surface area contributed by atoms with Gasteiger partial charge in [-0.05, 0) is 87.9 Å². The highest BCUT2D eigenvalue weighted by Gasteiger charge is 2.36. The van der Waals surface area contributed by atoms with Gasteiger partial charge in [0.2, 0.25) is 5.82 Å². The van der Waals surface area contributed by atoms with Gasteiger partial charge in [0.05, 0.1) is 29.7 Å². The number of H-pyrrole nitrogens is 1. The first-order valence-corrected chi connectivity index (χ1v) is 11.0. The molecule has 1 saturated heterocycles. The van der Waals surface area contributed by atoms with Crippen molar-refractivity contribution in [2.45, 2.75) is 71.9 Å². The van der Waals surface area contributed by atoms with Crippen molar-refractivity contribution in [3.05, 3.63) is 51.1 Å². The molecule has 0 unspecified atom stereocenters. The Morgan fingerprint density at radius 3 is 2.40 bits per heavy atom. The van der Waals surface area contributed by atoms with Crippen LogP contribution in [0.4, 0.5) is 0 Å². The minimum atomic E-state index is -0.265. The lowest BCUT2D eigenvalue weighted by atomic mass is 9.98. The van der Waals surface area contributed by atoms with E-state index in [1.54, 1.807) is 0 Å². The Bertz CT molecular complexity index is 1100. The monoisotopic (exact) mass is 409 g/mol. The summed E-state index contributed by atoms with van der Waals surface area (Å²) in [7, 11) is 0. The largest absolute Gasteiger partial charge is 0.322 e. The first kappa shape index (κ1) is 20.7. The predicted octanol–water partition coefficient (Wildman–Crippen LogP) is 2.43. The van der Waals surface area contributed by atoms with Gasteiger partial charge in [0.15, 0.2) is 6.04 Å². The summed E-state index contributed by atoms with van der Waals surface area (Å²) in [4.78, 5) is 17.9. The molecule has 7 nitrogen and oxygen atoms in total. The van der Waals surface area contributed by atoms with Gasteiger partial charge < -0.3 is 9.88 Å². The second kappa shape index (κ2) is 7.95. The van der Waals surface area contributed by atoms with Gasteiger partial charge in [0, 0.05) is 5.39 Å². The Kier molecular flexibility index (Phi) is 5.49. The molecule has 7 heteroatoms. The van der Waals surface area contributed by atoms with E-state index in [1.165, 1.54) is 17.7 Å². The van der Waals surface area contributed by atoms with E-state index in [2.05, 4.69) is 66.4 Å². The zero-order chi connectivity index (χ0) is 21.5. The molecule has 30 heavy (non-hydrogen) atoms. The van der Waals surface area contributed by atoms with Crippen LogP contribution >= 0.6 is 0 Å². The van der Waals surface area contributed by atoms with Crippen LogP contribution in [0.3, 0.4) is 0 Å². The topological polar surface area (TPSA) is 80.9 Å². The van der Waals surface area contributed by atoms with Crippen LogP contribution in [0.5, 0.6) is 0 Å². The summed E-state index contributed by atoms with van der Waals surface area (Å²) in [5.74, 6) is 0.773. The fourth-order valence-corrected chi connectivity index (χ4v) is 4.67. The lowest BCUT2D eigenvalue weighted by molar-refractivity contribution is -0.925. The van der Waals surface area contributed by atoms with Crippen molar-refractivity contribution >= 4 is 10.9 Å². The lowest BCUT2D eigenvalue weighted by Gasteiger charge is -2.29. The predicted molar refractivity (Wildman–Crippen MR) is 118 cm³/mol. The van der Waals surface area contributed by atoms with E-state index in [0.717, 1.165) is 59.3 Å². The van der Waals surface area contributed by atoms with E-state index in [9.17, 15) is 4.79 Å². The number of pyridine rings is 1. The van der Waals surface area contributed by atoms with Crippen LogP contribution in [0.15, 0.2) is 23.0 Å². The summed E-state index contributed by atoms with van der Waals surface area (Å²) in [6.45, 7) is 12.5. The minimum Gasteiger partial charge on any atom is -0.322 e. The number of hydrogen-bond donors (Lipinski definition) is 2. The Balaban J connectivity index is 1.95. The normalized spacial score (nSPS) is 17.2. The summed E-state index contributed by atoms with van der Waals surface area (Å²) in [5, 5.41) is 13.9. The highest BCUT2D eigenvalue weighted by Crippen LogP contribution is 2.25. The van der Waals surface area contributed by atoms with E-state index in [1.807, 2.05) is 11.6 Å². The molecular formula is C23H33N6O+. The number of aromatic amines is 1. The molecule has 0 aliphatic carbocycles. The lowest BCUT2D eigenvalue weighted by Crippen LogP contribution is -3.12. The van der Waals surface area contributed by atoms with Gasteiger partial charge in [-0.15, -0.1) is 5.10 Å². The first-order valence-electron chi connectivity index (χ1n) is 11.0. The second-order valence-corrected chi connectivity index (χ2v) is 9.67. The third-order valence-electron chi connectivity index (χ3n) is 6.32. The van der Waals surface area contributed by atoms with Crippen LogP contribution in [0.1, 0.15) is 75.0 Å². The van der Waals surface area contributed by atoms with Gasteiger partial charge in [-0.1, -0.05) is 12.1 Å². The smallest absolute Gasteiger partial charge is 0.258 e. The van der Waals surface area contributed by atoms with Gasteiger partial charge in [0.25, 0.3) is 5.56 Å². The third-order valence-corrected chi connectivity index (χ3v) is 6.32. The van der Waals surface area contributed by atoms with Crippen LogP contribution in [-0.2, 0) is 5.54 Å². The molecule has 0 amide bonds. The van der Waals surface area contributed by atoms with Crippen LogP contribution < -0.4 is 10.5 Å². The third kappa shape index (κ3) is 3.78. The van der Waals surface area contributed by atoms with Crippen molar-refractivity contribution in [1.29, 1.82) is 0 Å². The Morgan fingerprint density at radius 2 is 1.73 bits per heavy atom. The molecule has 3 aromatic rings. The number of aromatic nitrogens is 5. The number of likely N-dealkylation sites (tertiary alicyclic amines) is 1. The maximum absolute atomic E-state index is 13.4. The van der Waals surface area contributed by atoms with Crippen LogP contribution in [0.25, 0.3) is 10.9 Å². The second-order valence-electron chi connectivity index (χ2n) is 9.67. The Labute approximate surface area is 177 Å². The fourth-order valence-electron chi connectivity index (χ4n) is 4.67. The molecule has 0 saturated carbocycles. The van der Waals surface area contributed by atoms with Gasteiger partial charge in [-0.3, -0.25) is 4.79 Å². The van der Waals surface area contributed by atoms with Crippen molar-refractivity contribution in [1.82, 2.24) is 25.2 Å². The SMILES string of the molecule is Cc1ccc(C)c2[nH]c(=O)c([C@@H](c3nnnn3C(C)(C)C)[NH+]3CCCCCC3)cc12. The number of quaternary nitrogens is 1. The van der Waals surface area contributed by atoms with Crippen LogP contribution in [0, 0.1) is 13.8 Å². The van der Waals surface area contributed by atoms with E-state index < -0.39 is 0 Å². The quantitative estimate of drug-likeness (QED) is 0.696. The van der Waals surface area contributed by atoms with Crippen LogP contribution in [-0.4, -0.2) is 38.3 Å². The maximum Gasteiger partial charge on any atom is 0.258 e. The summed E-state index contributed by atoms with van der Waals surface area (Å²) in [6.07, 6.45) is 4.80. The molecule has 0 bridgehead atoms. The highest BCUT2D eigenvalue weighted by molar-refractivity contribution is 5.85. The van der Waals surface area contributed by atoms with Gasteiger partial charge >= 0.3 is 0 Å². The number of benzene rings is 1. The molecule has 0 radical (unpaired) electrons. The number of fused-ring (bicyclic) bond motifs is 1. The average Bonchev–Trinajstić information content (AvgIpc) is 3.03.